The Morgan fingerprint density at radius 2 is 2.05 bits per heavy atom. The summed E-state index contributed by atoms with van der Waals surface area (Å²) < 4.78 is 5.81. The van der Waals surface area contributed by atoms with Crippen molar-refractivity contribution in [3.05, 3.63) is 67.6 Å². The number of benzene rings is 2. The van der Waals surface area contributed by atoms with Crippen LogP contribution in [-0.2, 0) is 0 Å². The fraction of sp³-hybridized carbons (Fsp3) is 0.0714. The predicted molar refractivity (Wildman–Crippen MR) is 82.1 cm³/mol. The van der Waals surface area contributed by atoms with E-state index in [0.29, 0.717) is 15.1 Å². The van der Waals surface area contributed by atoms with Gasteiger partial charge in [0.15, 0.2) is 12.4 Å². The van der Waals surface area contributed by atoms with E-state index in [2.05, 4.69) is 15.9 Å². The summed E-state index contributed by atoms with van der Waals surface area (Å²) in [6.45, 7) is -0.228. The predicted octanol–water partition coefficient (Wildman–Crippen LogP) is 4.27. The maximum Gasteiger partial charge on any atom is 0.274 e. The maximum absolute atomic E-state index is 11.9. The Balaban J connectivity index is 2.09. The van der Waals surface area contributed by atoms with Crippen molar-refractivity contribution in [3.63, 3.8) is 0 Å². The van der Waals surface area contributed by atoms with Crippen molar-refractivity contribution in [2.75, 3.05) is 6.61 Å². The van der Waals surface area contributed by atoms with Crippen LogP contribution in [0.5, 0.6) is 5.75 Å². The van der Waals surface area contributed by atoms with Crippen LogP contribution in [0.25, 0.3) is 0 Å². The van der Waals surface area contributed by atoms with Gasteiger partial charge in [0, 0.05) is 21.1 Å². The number of ketones is 1. The third-order valence-electron chi connectivity index (χ3n) is 2.58. The number of carbonyl (C=O) groups excluding carboxylic acids is 1. The molecule has 0 unspecified atom stereocenters. The van der Waals surface area contributed by atoms with Gasteiger partial charge < -0.3 is 4.74 Å². The van der Waals surface area contributed by atoms with E-state index in [-0.39, 0.29) is 23.8 Å². The minimum Gasteiger partial charge on any atom is -0.485 e. The summed E-state index contributed by atoms with van der Waals surface area (Å²) in [5.74, 6) is -0.0217. The van der Waals surface area contributed by atoms with Crippen LogP contribution in [0.1, 0.15) is 10.4 Å². The molecule has 0 fully saturated rings. The van der Waals surface area contributed by atoms with Gasteiger partial charge in [0.2, 0.25) is 0 Å². The lowest BCUT2D eigenvalue weighted by atomic mass is 10.1. The van der Waals surface area contributed by atoms with Gasteiger partial charge in [0.1, 0.15) is 5.75 Å². The van der Waals surface area contributed by atoms with Crippen molar-refractivity contribution < 1.29 is 14.5 Å². The van der Waals surface area contributed by atoms with Crippen LogP contribution in [0, 0.1) is 10.1 Å². The molecule has 0 radical (unpaired) electrons. The monoisotopic (exact) mass is 369 g/mol. The molecule has 0 saturated heterocycles. The van der Waals surface area contributed by atoms with Crippen molar-refractivity contribution in [2.24, 2.45) is 0 Å². The van der Waals surface area contributed by atoms with Crippen LogP contribution in [0.2, 0.25) is 5.02 Å². The number of rotatable bonds is 5. The van der Waals surface area contributed by atoms with E-state index >= 15 is 0 Å². The summed E-state index contributed by atoms with van der Waals surface area (Å²) in [5, 5.41) is 11.2. The van der Waals surface area contributed by atoms with Crippen molar-refractivity contribution in [1.29, 1.82) is 0 Å². The molecule has 0 spiro atoms. The Morgan fingerprint density at radius 1 is 1.29 bits per heavy atom. The lowest BCUT2D eigenvalue weighted by Crippen LogP contribution is -2.11. The van der Waals surface area contributed by atoms with Crippen molar-refractivity contribution in [3.8, 4) is 5.75 Å². The number of hydrogen-bond acceptors (Lipinski definition) is 4. The number of nitro benzene ring substituents is 1. The molecule has 2 aromatic rings. The molecule has 2 rings (SSSR count). The Bertz CT molecular complexity index is 705. The number of carbonyl (C=O) groups is 1. The van der Waals surface area contributed by atoms with E-state index in [1.807, 2.05) is 0 Å². The van der Waals surface area contributed by atoms with Gasteiger partial charge in [-0.2, -0.15) is 0 Å². The number of nitrogens with zero attached hydrogens (tertiary/aromatic N) is 1. The maximum atomic E-state index is 11.9. The van der Waals surface area contributed by atoms with E-state index < -0.39 is 4.92 Å². The third kappa shape index (κ3) is 4.27. The Kier molecular flexibility index (Phi) is 4.93. The van der Waals surface area contributed by atoms with Crippen LogP contribution >= 0.6 is 27.5 Å². The standard InChI is InChI=1S/C14H9BrClNO4/c15-10-5-12(17(19)20)7-13(6-10)21-8-14(18)9-2-1-3-11(16)4-9/h1-7H,8H2. The first-order valence-corrected chi connectivity index (χ1v) is 6.99. The highest BCUT2D eigenvalue weighted by atomic mass is 79.9. The molecule has 0 aliphatic carbocycles. The molecule has 2 aromatic carbocycles. The molecule has 21 heavy (non-hydrogen) atoms. The zero-order valence-corrected chi connectivity index (χ0v) is 12.9. The lowest BCUT2D eigenvalue weighted by Gasteiger charge is -2.06. The summed E-state index contributed by atoms with van der Waals surface area (Å²) >= 11 is 8.96. The molecule has 5 nitrogen and oxygen atoms in total. The summed E-state index contributed by atoms with van der Waals surface area (Å²) in [7, 11) is 0. The second-order valence-corrected chi connectivity index (χ2v) is 5.48. The van der Waals surface area contributed by atoms with Crippen LogP contribution in [-0.4, -0.2) is 17.3 Å². The second kappa shape index (κ2) is 6.69. The molecule has 0 saturated carbocycles. The van der Waals surface area contributed by atoms with E-state index in [1.165, 1.54) is 18.2 Å². The smallest absolute Gasteiger partial charge is 0.274 e. The number of Topliss-reactive ketones (excluding diaryl/α,β-unsaturated/α-hetero) is 1. The summed E-state index contributed by atoms with van der Waals surface area (Å²) in [4.78, 5) is 22.2. The van der Waals surface area contributed by atoms with Crippen molar-refractivity contribution in [1.82, 2.24) is 0 Å². The average molecular weight is 371 g/mol. The van der Waals surface area contributed by atoms with E-state index in [4.69, 9.17) is 16.3 Å². The van der Waals surface area contributed by atoms with Crippen molar-refractivity contribution in [2.45, 2.75) is 0 Å². The molecule has 0 atom stereocenters. The molecule has 108 valence electrons. The quantitative estimate of drug-likeness (QED) is 0.448. The van der Waals surface area contributed by atoms with E-state index in [0.717, 1.165) is 0 Å². The number of halogens is 2. The van der Waals surface area contributed by atoms with Gasteiger partial charge in [-0.05, 0) is 18.2 Å². The normalized spacial score (nSPS) is 10.2. The first kappa shape index (κ1) is 15.5. The van der Waals surface area contributed by atoms with E-state index in [9.17, 15) is 14.9 Å². The molecular formula is C14H9BrClNO4. The molecule has 0 aliphatic heterocycles. The van der Waals surface area contributed by atoms with Crippen LogP contribution in [0.15, 0.2) is 46.9 Å². The Morgan fingerprint density at radius 3 is 2.71 bits per heavy atom. The van der Waals surface area contributed by atoms with Crippen LogP contribution in [0.3, 0.4) is 0 Å². The lowest BCUT2D eigenvalue weighted by molar-refractivity contribution is -0.385. The highest BCUT2D eigenvalue weighted by Crippen LogP contribution is 2.26. The molecule has 0 aromatic heterocycles. The molecule has 7 heteroatoms. The van der Waals surface area contributed by atoms with Gasteiger partial charge in [0.25, 0.3) is 5.69 Å². The minimum atomic E-state index is -0.531. The summed E-state index contributed by atoms with van der Waals surface area (Å²) in [5.41, 5.74) is 0.307. The Labute approximate surface area is 133 Å². The van der Waals surface area contributed by atoms with Gasteiger partial charge in [-0.1, -0.05) is 39.7 Å². The van der Waals surface area contributed by atoms with Gasteiger partial charge >= 0.3 is 0 Å². The SMILES string of the molecule is O=C(COc1cc(Br)cc([N+](=O)[O-])c1)c1cccc(Cl)c1. The van der Waals surface area contributed by atoms with Gasteiger partial charge in [-0.25, -0.2) is 0 Å². The van der Waals surface area contributed by atoms with Crippen LogP contribution in [0.4, 0.5) is 5.69 Å². The zero-order valence-electron chi connectivity index (χ0n) is 10.6. The second-order valence-electron chi connectivity index (χ2n) is 4.12. The molecule has 0 aliphatic rings. The zero-order chi connectivity index (χ0) is 15.4. The minimum absolute atomic E-state index is 0.116. The number of non-ortho nitro benzene ring substituents is 1. The average Bonchev–Trinajstić information content (AvgIpc) is 2.44. The molecule has 0 bridgehead atoms. The Hall–Kier alpha value is -1.92. The van der Waals surface area contributed by atoms with Gasteiger partial charge in [-0.3, -0.25) is 14.9 Å². The first-order chi connectivity index (χ1) is 9.95. The number of nitro groups is 1. The van der Waals surface area contributed by atoms with Crippen molar-refractivity contribution >= 4 is 39.0 Å². The van der Waals surface area contributed by atoms with E-state index in [1.54, 1.807) is 24.3 Å². The molecule has 0 amide bonds. The fourth-order valence-electron chi connectivity index (χ4n) is 1.63. The fourth-order valence-corrected chi connectivity index (χ4v) is 2.28. The van der Waals surface area contributed by atoms with Crippen LogP contribution < -0.4 is 4.74 Å². The largest absolute Gasteiger partial charge is 0.485 e. The highest BCUT2D eigenvalue weighted by Gasteiger charge is 2.12. The third-order valence-corrected chi connectivity index (χ3v) is 3.28. The molecule has 0 N–H and O–H groups in total. The molecule has 0 heterocycles. The van der Waals surface area contributed by atoms with Gasteiger partial charge in [-0.15, -0.1) is 0 Å². The topological polar surface area (TPSA) is 69.4 Å². The molecular weight excluding hydrogens is 362 g/mol. The number of hydrogen-bond donors (Lipinski definition) is 0. The van der Waals surface area contributed by atoms with Gasteiger partial charge in [0.05, 0.1) is 11.0 Å². The number of ether oxygens (including phenoxy) is 1. The first-order valence-electron chi connectivity index (χ1n) is 5.82. The summed E-state index contributed by atoms with van der Waals surface area (Å²) in [6, 6.07) is 10.7. The summed E-state index contributed by atoms with van der Waals surface area (Å²) in [6.07, 6.45) is 0. The highest BCUT2D eigenvalue weighted by molar-refractivity contribution is 9.10.